The fourth-order valence-corrected chi connectivity index (χ4v) is 4.37. The molecule has 1 aliphatic heterocycles. The Hall–Kier alpha value is -2.74. The van der Waals surface area contributed by atoms with Gasteiger partial charge in [-0.05, 0) is 18.4 Å². The number of thiophene rings is 1. The van der Waals surface area contributed by atoms with Crippen molar-refractivity contribution in [3.05, 3.63) is 34.5 Å². The molecule has 0 bridgehead atoms. The first-order chi connectivity index (χ1) is 13.9. The van der Waals surface area contributed by atoms with Crippen molar-refractivity contribution in [2.75, 3.05) is 39.8 Å². The number of carbonyl (C=O) groups excluding carboxylic acids is 2. The van der Waals surface area contributed by atoms with Gasteiger partial charge in [-0.1, -0.05) is 6.07 Å². The van der Waals surface area contributed by atoms with Crippen molar-refractivity contribution >= 4 is 28.8 Å². The van der Waals surface area contributed by atoms with Crippen LogP contribution < -0.4 is 19.1 Å². The lowest BCUT2D eigenvalue weighted by Crippen LogP contribution is -2.36. The number of hydrogen-bond donors (Lipinski definition) is 0. The lowest BCUT2D eigenvalue weighted by molar-refractivity contribution is -0.136. The van der Waals surface area contributed by atoms with E-state index in [9.17, 15) is 9.59 Å². The van der Waals surface area contributed by atoms with E-state index in [1.54, 1.807) is 40.3 Å². The highest BCUT2D eigenvalue weighted by atomic mass is 32.1. The van der Waals surface area contributed by atoms with Crippen molar-refractivity contribution in [1.82, 2.24) is 4.90 Å². The van der Waals surface area contributed by atoms with E-state index in [1.165, 1.54) is 21.3 Å². The molecule has 2 atom stereocenters. The van der Waals surface area contributed by atoms with Crippen LogP contribution in [0.2, 0.25) is 0 Å². The average molecular weight is 419 g/mol. The molecule has 29 heavy (non-hydrogen) atoms. The van der Waals surface area contributed by atoms with Gasteiger partial charge in [0, 0.05) is 37.0 Å². The van der Waals surface area contributed by atoms with Crippen molar-refractivity contribution in [3.63, 3.8) is 0 Å². The Bertz CT molecular complexity index is 858. The zero-order chi connectivity index (χ0) is 21.1. The maximum absolute atomic E-state index is 13.0. The van der Waals surface area contributed by atoms with Crippen LogP contribution in [0, 0.1) is 5.92 Å². The average Bonchev–Trinajstić information content (AvgIpc) is 3.40. The lowest BCUT2D eigenvalue weighted by atomic mass is 10.1. The molecule has 1 fully saturated rings. The molecule has 2 heterocycles. The quantitative estimate of drug-likeness (QED) is 0.690. The summed E-state index contributed by atoms with van der Waals surface area (Å²) in [5.74, 6) is 0.862. The van der Waals surface area contributed by atoms with Crippen molar-refractivity contribution in [3.8, 4) is 17.2 Å². The highest BCUT2D eigenvalue weighted by Gasteiger charge is 2.38. The molecule has 0 saturated carbocycles. The summed E-state index contributed by atoms with van der Waals surface area (Å²) in [6.45, 7) is 2.31. The number of amides is 2. The third kappa shape index (κ3) is 4.03. The van der Waals surface area contributed by atoms with Crippen LogP contribution in [0.4, 0.5) is 5.69 Å². The van der Waals surface area contributed by atoms with Crippen LogP contribution in [0.25, 0.3) is 0 Å². The summed E-state index contributed by atoms with van der Waals surface area (Å²) >= 11 is 1.62. The van der Waals surface area contributed by atoms with E-state index in [-0.39, 0.29) is 24.3 Å². The smallest absolute Gasteiger partial charge is 0.228 e. The molecule has 8 heteroatoms. The molecule has 2 aromatic rings. The zero-order valence-corrected chi connectivity index (χ0v) is 18.1. The first-order valence-electron chi connectivity index (χ1n) is 9.31. The molecule has 1 aliphatic rings. The molecular weight excluding hydrogens is 392 g/mol. The molecule has 156 valence electrons. The summed E-state index contributed by atoms with van der Waals surface area (Å²) in [7, 11) is 6.37. The van der Waals surface area contributed by atoms with E-state index >= 15 is 0 Å². The second-order valence-corrected chi connectivity index (χ2v) is 7.91. The van der Waals surface area contributed by atoms with Crippen LogP contribution in [-0.4, -0.2) is 51.6 Å². The van der Waals surface area contributed by atoms with E-state index in [1.807, 2.05) is 24.4 Å². The van der Waals surface area contributed by atoms with Gasteiger partial charge in [-0.3, -0.25) is 9.59 Å². The van der Waals surface area contributed by atoms with Gasteiger partial charge in [-0.25, -0.2) is 0 Å². The van der Waals surface area contributed by atoms with Crippen molar-refractivity contribution < 1.29 is 23.8 Å². The monoisotopic (exact) mass is 418 g/mol. The van der Waals surface area contributed by atoms with Crippen LogP contribution in [0.5, 0.6) is 17.2 Å². The van der Waals surface area contributed by atoms with Crippen LogP contribution in [0.3, 0.4) is 0 Å². The fraction of sp³-hybridized carbons (Fsp3) is 0.429. The Kier molecular flexibility index (Phi) is 6.32. The zero-order valence-electron chi connectivity index (χ0n) is 17.3. The van der Waals surface area contributed by atoms with Crippen molar-refractivity contribution in [1.29, 1.82) is 0 Å². The molecule has 2 unspecified atom stereocenters. The number of ether oxygens (including phenoxy) is 3. The fourth-order valence-electron chi connectivity index (χ4n) is 3.54. The molecule has 1 saturated heterocycles. The number of methoxy groups -OCH3 is 3. The highest BCUT2D eigenvalue weighted by molar-refractivity contribution is 7.10. The maximum Gasteiger partial charge on any atom is 0.228 e. The number of anilines is 1. The van der Waals surface area contributed by atoms with E-state index in [4.69, 9.17) is 14.2 Å². The number of carbonyl (C=O) groups is 2. The van der Waals surface area contributed by atoms with E-state index in [0.29, 0.717) is 29.5 Å². The van der Waals surface area contributed by atoms with Gasteiger partial charge in [0.05, 0.1) is 39.0 Å². The SMILES string of the molecule is COc1cc(N2CC(C(=O)N(C)C(C)c3cccs3)CC2=O)cc(OC)c1OC. The minimum atomic E-state index is -0.394. The first kappa shape index (κ1) is 21.0. The van der Waals surface area contributed by atoms with E-state index in [0.717, 1.165) is 4.88 Å². The molecule has 3 rings (SSSR count). The van der Waals surface area contributed by atoms with Gasteiger partial charge < -0.3 is 24.0 Å². The predicted molar refractivity (Wildman–Crippen MR) is 112 cm³/mol. The van der Waals surface area contributed by atoms with E-state index < -0.39 is 5.92 Å². The largest absolute Gasteiger partial charge is 0.493 e. The molecule has 0 radical (unpaired) electrons. The summed E-state index contributed by atoms with van der Waals surface area (Å²) in [5.41, 5.74) is 0.619. The number of benzene rings is 1. The second-order valence-electron chi connectivity index (χ2n) is 6.93. The lowest BCUT2D eigenvalue weighted by Gasteiger charge is -2.27. The topological polar surface area (TPSA) is 68.3 Å². The van der Waals surface area contributed by atoms with Gasteiger partial charge in [-0.15, -0.1) is 11.3 Å². The Balaban J connectivity index is 1.80. The van der Waals surface area contributed by atoms with Gasteiger partial charge >= 0.3 is 0 Å². The highest BCUT2D eigenvalue weighted by Crippen LogP contribution is 2.42. The second kappa shape index (κ2) is 8.73. The summed E-state index contributed by atoms with van der Waals surface area (Å²) in [6.07, 6.45) is 0.178. The Morgan fingerprint density at radius 1 is 1.21 bits per heavy atom. The van der Waals surface area contributed by atoms with E-state index in [2.05, 4.69) is 0 Å². The summed E-state index contributed by atoms with van der Waals surface area (Å²) < 4.78 is 16.1. The van der Waals surface area contributed by atoms with Gasteiger partial charge in [0.15, 0.2) is 11.5 Å². The predicted octanol–water partition coefficient (Wildman–Crippen LogP) is 3.35. The maximum atomic E-state index is 13.0. The molecule has 0 spiro atoms. The van der Waals surface area contributed by atoms with Crippen LogP contribution in [0.15, 0.2) is 29.6 Å². The molecule has 0 aliphatic carbocycles. The van der Waals surface area contributed by atoms with Gasteiger partial charge in [0.1, 0.15) is 0 Å². The van der Waals surface area contributed by atoms with Crippen LogP contribution in [-0.2, 0) is 9.59 Å². The van der Waals surface area contributed by atoms with Crippen LogP contribution in [0.1, 0.15) is 24.3 Å². The summed E-state index contributed by atoms with van der Waals surface area (Å²) in [4.78, 5) is 30.2. The summed E-state index contributed by atoms with van der Waals surface area (Å²) in [6, 6.07) is 7.41. The number of nitrogens with zero attached hydrogens (tertiary/aromatic N) is 2. The Labute approximate surface area is 174 Å². The molecule has 1 aromatic carbocycles. The van der Waals surface area contributed by atoms with Crippen LogP contribution >= 0.6 is 11.3 Å². The van der Waals surface area contributed by atoms with Gasteiger partial charge in [-0.2, -0.15) is 0 Å². The minimum absolute atomic E-state index is 0.0332. The third-order valence-electron chi connectivity index (χ3n) is 5.32. The molecular formula is C21H26N2O5S. The first-order valence-corrected chi connectivity index (χ1v) is 10.2. The van der Waals surface area contributed by atoms with Crippen molar-refractivity contribution in [2.45, 2.75) is 19.4 Å². The molecule has 7 nitrogen and oxygen atoms in total. The standard InChI is InChI=1S/C21H26N2O5S/c1-13(18-7-6-8-29-18)22(2)21(25)14-9-19(24)23(12-14)15-10-16(26-3)20(28-5)17(11-15)27-4/h6-8,10-11,13-14H,9,12H2,1-5H3. The Morgan fingerprint density at radius 3 is 2.38 bits per heavy atom. The third-order valence-corrected chi connectivity index (χ3v) is 6.36. The number of hydrogen-bond acceptors (Lipinski definition) is 6. The number of rotatable bonds is 7. The molecule has 2 amide bonds. The summed E-state index contributed by atoms with van der Waals surface area (Å²) in [5, 5.41) is 2.00. The normalized spacial score (nSPS) is 17.2. The molecule has 1 aromatic heterocycles. The van der Waals surface area contributed by atoms with Crippen molar-refractivity contribution in [2.24, 2.45) is 5.92 Å². The Morgan fingerprint density at radius 2 is 1.86 bits per heavy atom. The minimum Gasteiger partial charge on any atom is -0.493 e. The van der Waals surface area contributed by atoms with Gasteiger partial charge in [0.25, 0.3) is 0 Å². The molecule has 0 N–H and O–H groups in total. The van der Waals surface area contributed by atoms with Gasteiger partial charge in [0.2, 0.25) is 17.6 Å².